The lowest BCUT2D eigenvalue weighted by Gasteiger charge is -2.34. The van der Waals surface area contributed by atoms with E-state index < -0.39 is 5.67 Å². The van der Waals surface area contributed by atoms with Gasteiger partial charge in [-0.05, 0) is 50.6 Å². The fourth-order valence-corrected chi connectivity index (χ4v) is 3.22. The Morgan fingerprint density at radius 1 is 1.24 bits per heavy atom. The van der Waals surface area contributed by atoms with Gasteiger partial charge in [-0.3, -0.25) is 9.88 Å². The van der Waals surface area contributed by atoms with Gasteiger partial charge in [-0.25, -0.2) is 4.39 Å². The van der Waals surface area contributed by atoms with Crippen LogP contribution in [0.3, 0.4) is 0 Å². The number of aryl methyl sites for hydroxylation is 1. The maximum Gasteiger partial charge on any atom is 0.265 e. The molecule has 1 fully saturated rings. The number of likely N-dealkylation sites (tertiary alicyclic amines) is 1. The summed E-state index contributed by atoms with van der Waals surface area (Å²) in [6.45, 7) is 3.50. The summed E-state index contributed by atoms with van der Waals surface area (Å²) in [5.41, 5.74) is -0.884. The molecule has 6 nitrogen and oxygen atoms in total. The van der Waals surface area contributed by atoms with Crippen molar-refractivity contribution in [3.8, 4) is 11.4 Å². The first kappa shape index (κ1) is 16.0. The van der Waals surface area contributed by atoms with Crippen LogP contribution in [0.2, 0.25) is 0 Å². The molecule has 1 saturated heterocycles. The number of halogens is 1. The highest BCUT2D eigenvalue weighted by atomic mass is 19.1. The van der Waals surface area contributed by atoms with Crippen LogP contribution in [0, 0.1) is 6.92 Å². The third-order valence-electron chi connectivity index (χ3n) is 4.44. The number of hydrogen-bond donors (Lipinski definition) is 0. The molecule has 25 heavy (non-hydrogen) atoms. The smallest absolute Gasteiger partial charge is 0.265 e. The van der Waals surface area contributed by atoms with Gasteiger partial charge in [-0.1, -0.05) is 5.16 Å². The van der Waals surface area contributed by atoms with Gasteiger partial charge in [-0.2, -0.15) is 4.98 Å². The van der Waals surface area contributed by atoms with Crippen LogP contribution in [0.25, 0.3) is 11.4 Å². The Kier molecular flexibility index (Phi) is 4.09. The van der Waals surface area contributed by atoms with Gasteiger partial charge in [0.2, 0.25) is 11.5 Å². The first-order valence-electron chi connectivity index (χ1n) is 8.34. The predicted octanol–water partition coefficient (Wildman–Crippen LogP) is 3.49. The molecule has 4 rings (SSSR count). The average molecular weight is 342 g/mol. The Labute approximate surface area is 144 Å². The number of pyridine rings is 1. The minimum absolute atomic E-state index is 0.0413. The Bertz CT molecular complexity index is 848. The number of piperidine rings is 1. The number of nitrogens with zero attached hydrogens (tertiary/aromatic N) is 4. The van der Waals surface area contributed by atoms with Crippen molar-refractivity contribution in [3.05, 3.63) is 54.1 Å². The zero-order chi connectivity index (χ0) is 17.3. The first-order chi connectivity index (χ1) is 12.1. The number of hydrogen-bond acceptors (Lipinski definition) is 6. The summed E-state index contributed by atoms with van der Waals surface area (Å²) in [5, 5.41) is 3.93. The fraction of sp³-hybridized carbons (Fsp3) is 0.389. The van der Waals surface area contributed by atoms with E-state index in [0.717, 1.165) is 30.0 Å². The molecule has 0 spiro atoms. The molecule has 0 saturated carbocycles. The van der Waals surface area contributed by atoms with Crippen LogP contribution in [0.5, 0.6) is 0 Å². The highest BCUT2D eigenvalue weighted by Crippen LogP contribution is 2.36. The molecule has 1 aliphatic heterocycles. The Balaban J connectivity index is 1.52. The fourth-order valence-electron chi connectivity index (χ4n) is 3.22. The van der Waals surface area contributed by atoms with Gasteiger partial charge in [0.25, 0.3) is 5.89 Å². The van der Waals surface area contributed by atoms with E-state index in [0.29, 0.717) is 18.8 Å². The quantitative estimate of drug-likeness (QED) is 0.723. The zero-order valence-corrected chi connectivity index (χ0v) is 14.0. The Hall–Kier alpha value is -2.54. The second kappa shape index (κ2) is 6.40. The SMILES string of the molecule is Cc1ccc(CN2CCCC(F)(c3nc(-c4ccncc4)no3)C2)o1. The van der Waals surface area contributed by atoms with Gasteiger partial charge in [-0.15, -0.1) is 0 Å². The lowest BCUT2D eigenvalue weighted by molar-refractivity contribution is 0.00993. The van der Waals surface area contributed by atoms with E-state index >= 15 is 4.39 Å². The van der Waals surface area contributed by atoms with Crippen LogP contribution < -0.4 is 0 Å². The van der Waals surface area contributed by atoms with Crippen LogP contribution in [-0.2, 0) is 12.2 Å². The second-order valence-corrected chi connectivity index (χ2v) is 6.45. The summed E-state index contributed by atoms with van der Waals surface area (Å²) in [4.78, 5) is 10.3. The number of aromatic nitrogens is 3. The number of rotatable bonds is 4. The monoisotopic (exact) mass is 342 g/mol. The molecule has 3 aromatic rings. The summed E-state index contributed by atoms with van der Waals surface area (Å²) in [5.74, 6) is 2.12. The number of alkyl halides is 1. The lowest BCUT2D eigenvalue weighted by atomic mass is 9.94. The van der Waals surface area contributed by atoms with Gasteiger partial charge in [0.15, 0.2) is 0 Å². The van der Waals surface area contributed by atoms with Crippen LogP contribution in [0.15, 0.2) is 45.6 Å². The molecule has 4 heterocycles. The van der Waals surface area contributed by atoms with Gasteiger partial charge >= 0.3 is 0 Å². The van der Waals surface area contributed by atoms with E-state index in [1.807, 2.05) is 24.0 Å². The molecule has 7 heteroatoms. The molecule has 0 aliphatic carbocycles. The van der Waals surface area contributed by atoms with Gasteiger partial charge in [0.1, 0.15) is 11.5 Å². The van der Waals surface area contributed by atoms with E-state index in [9.17, 15) is 0 Å². The molecule has 130 valence electrons. The highest BCUT2D eigenvalue weighted by Gasteiger charge is 2.42. The van der Waals surface area contributed by atoms with Crippen molar-refractivity contribution in [2.75, 3.05) is 13.1 Å². The van der Waals surface area contributed by atoms with E-state index in [1.165, 1.54) is 0 Å². The van der Waals surface area contributed by atoms with E-state index in [4.69, 9.17) is 8.94 Å². The summed E-state index contributed by atoms with van der Waals surface area (Å²) in [6.07, 6.45) is 4.39. The summed E-state index contributed by atoms with van der Waals surface area (Å²) >= 11 is 0. The normalized spacial score (nSPS) is 21.5. The van der Waals surface area contributed by atoms with E-state index in [-0.39, 0.29) is 12.4 Å². The molecular formula is C18H19FN4O2. The maximum absolute atomic E-state index is 15.5. The Morgan fingerprint density at radius 3 is 2.84 bits per heavy atom. The third kappa shape index (κ3) is 3.32. The summed E-state index contributed by atoms with van der Waals surface area (Å²) in [7, 11) is 0. The van der Waals surface area contributed by atoms with E-state index in [1.54, 1.807) is 24.5 Å². The molecular weight excluding hydrogens is 323 g/mol. The topological polar surface area (TPSA) is 68.2 Å². The first-order valence-corrected chi connectivity index (χ1v) is 8.34. The second-order valence-electron chi connectivity index (χ2n) is 6.45. The van der Waals surface area contributed by atoms with Crippen LogP contribution in [0.1, 0.15) is 30.3 Å². The Morgan fingerprint density at radius 2 is 2.08 bits per heavy atom. The van der Waals surface area contributed by atoms with Gasteiger partial charge < -0.3 is 8.94 Å². The van der Waals surface area contributed by atoms with Crippen molar-refractivity contribution in [2.24, 2.45) is 0 Å². The minimum atomic E-state index is -1.64. The van der Waals surface area contributed by atoms with Crippen molar-refractivity contribution in [1.82, 2.24) is 20.0 Å². The van der Waals surface area contributed by atoms with Crippen molar-refractivity contribution in [3.63, 3.8) is 0 Å². The molecule has 0 amide bonds. The van der Waals surface area contributed by atoms with Gasteiger partial charge in [0, 0.05) is 24.5 Å². The molecule has 1 aliphatic rings. The molecule has 0 radical (unpaired) electrons. The third-order valence-corrected chi connectivity index (χ3v) is 4.44. The summed E-state index contributed by atoms with van der Waals surface area (Å²) in [6, 6.07) is 7.39. The van der Waals surface area contributed by atoms with Crippen molar-refractivity contribution in [2.45, 2.75) is 32.0 Å². The molecule has 0 bridgehead atoms. The van der Waals surface area contributed by atoms with Crippen molar-refractivity contribution >= 4 is 0 Å². The molecule has 1 atom stereocenters. The molecule has 0 N–H and O–H groups in total. The molecule has 1 unspecified atom stereocenters. The van der Waals surface area contributed by atoms with Crippen molar-refractivity contribution in [1.29, 1.82) is 0 Å². The number of furan rings is 1. The minimum Gasteiger partial charge on any atom is -0.465 e. The largest absolute Gasteiger partial charge is 0.465 e. The summed E-state index contributed by atoms with van der Waals surface area (Å²) < 4.78 is 26.4. The zero-order valence-electron chi connectivity index (χ0n) is 14.0. The lowest BCUT2D eigenvalue weighted by Crippen LogP contribution is -2.43. The van der Waals surface area contributed by atoms with Gasteiger partial charge in [0.05, 0.1) is 6.54 Å². The van der Waals surface area contributed by atoms with Crippen LogP contribution in [0.4, 0.5) is 4.39 Å². The van der Waals surface area contributed by atoms with E-state index in [2.05, 4.69) is 15.1 Å². The van der Waals surface area contributed by atoms with Crippen LogP contribution >= 0.6 is 0 Å². The van der Waals surface area contributed by atoms with Crippen LogP contribution in [-0.4, -0.2) is 33.1 Å². The maximum atomic E-state index is 15.5. The highest BCUT2D eigenvalue weighted by molar-refractivity contribution is 5.52. The molecule has 3 aromatic heterocycles. The molecule has 0 aromatic carbocycles. The average Bonchev–Trinajstić information content (AvgIpc) is 3.26. The predicted molar refractivity (Wildman–Crippen MR) is 88.3 cm³/mol. The standard InChI is InChI=1S/C18H19FN4O2/c1-13-3-4-15(24-13)11-23-10-2-7-18(19,12-23)17-21-16(22-25-17)14-5-8-20-9-6-14/h3-6,8-9H,2,7,10-12H2,1H3. The van der Waals surface area contributed by atoms with Crippen molar-refractivity contribution < 1.29 is 13.3 Å².